The quantitative estimate of drug-likeness (QED) is 0.384. The van der Waals surface area contributed by atoms with Crippen LogP contribution in [0.1, 0.15) is 6.92 Å². The number of hydrogen-bond acceptors (Lipinski definition) is 3. The van der Waals surface area contributed by atoms with E-state index < -0.39 is 0 Å². The average molecular weight is 164 g/mol. The molecule has 0 aromatic carbocycles. The van der Waals surface area contributed by atoms with Crippen LogP contribution in [-0.2, 0) is 4.74 Å². The van der Waals surface area contributed by atoms with Crippen molar-refractivity contribution in [3.05, 3.63) is 34.5 Å². The van der Waals surface area contributed by atoms with Gasteiger partial charge >= 0.3 is 0 Å². The first-order valence-corrected chi connectivity index (χ1v) is 3.15. The zero-order valence-electron chi connectivity index (χ0n) is 6.61. The molecule has 0 aliphatic carbocycles. The molecule has 0 rings (SSSR count). The highest BCUT2D eigenvalue weighted by Gasteiger charge is 1.97. The summed E-state index contributed by atoms with van der Waals surface area (Å²) in [7, 11) is 0. The number of ether oxygens (including phenoxy) is 1. The zero-order chi connectivity index (χ0) is 9.40. The molecule has 0 bridgehead atoms. The molecule has 0 spiro atoms. The molecule has 62 valence electrons. The second kappa shape index (κ2) is 5.75. The van der Waals surface area contributed by atoms with Crippen LogP contribution in [0.3, 0.4) is 0 Å². The minimum absolute atomic E-state index is 0.140. The van der Waals surface area contributed by atoms with Crippen LogP contribution in [-0.4, -0.2) is 13.0 Å². The fraction of sp³-hybridized carbons (Fsp3) is 0.286. The molecular formula is C7H8N4O. The summed E-state index contributed by atoms with van der Waals surface area (Å²) in [5.74, 6) is -0.362. The summed E-state index contributed by atoms with van der Waals surface area (Å²) < 4.78 is 4.73. The molecule has 5 nitrogen and oxygen atoms in total. The summed E-state index contributed by atoms with van der Waals surface area (Å²) in [5.41, 5.74) is 5.15. The fourth-order valence-electron chi connectivity index (χ4n) is 0.364. The average Bonchev–Trinajstić information content (AvgIpc) is 2.11. The van der Waals surface area contributed by atoms with Crippen LogP contribution in [0, 0.1) is 13.1 Å². The van der Waals surface area contributed by atoms with E-state index in [4.69, 9.17) is 23.6 Å². The Morgan fingerprint density at radius 3 is 2.67 bits per heavy atom. The van der Waals surface area contributed by atoms with Crippen LogP contribution in [0.2, 0.25) is 0 Å². The van der Waals surface area contributed by atoms with Gasteiger partial charge in [-0.2, -0.15) is 0 Å². The van der Waals surface area contributed by atoms with E-state index >= 15 is 0 Å². The Morgan fingerprint density at radius 2 is 2.25 bits per heavy atom. The topological polar surface area (TPSA) is 56.3 Å². The van der Waals surface area contributed by atoms with Gasteiger partial charge in [0.1, 0.15) is 0 Å². The largest absolute Gasteiger partial charge is 0.466 e. The van der Waals surface area contributed by atoms with Crippen LogP contribution in [0.15, 0.2) is 16.6 Å². The Hall–Kier alpha value is -2.01. The van der Waals surface area contributed by atoms with Crippen molar-refractivity contribution in [1.82, 2.24) is 0 Å². The fourth-order valence-corrected chi connectivity index (χ4v) is 0.364. The van der Waals surface area contributed by atoms with Crippen molar-refractivity contribution < 1.29 is 4.74 Å². The lowest BCUT2D eigenvalue weighted by atomic mass is 10.7. The molecular weight excluding hydrogens is 156 g/mol. The first-order valence-electron chi connectivity index (χ1n) is 3.15. The van der Waals surface area contributed by atoms with Gasteiger partial charge < -0.3 is 20.2 Å². The molecule has 0 aromatic rings. The SMILES string of the molecule is [C-]#[N+]/C(N)=C(/N=COCC)[N+]#[C-]. The van der Waals surface area contributed by atoms with Crippen LogP contribution in [0.4, 0.5) is 0 Å². The number of nitrogens with zero attached hydrogens (tertiary/aromatic N) is 3. The third-order valence-corrected chi connectivity index (χ3v) is 0.872. The summed E-state index contributed by atoms with van der Waals surface area (Å²) in [5, 5.41) is 0. The van der Waals surface area contributed by atoms with Gasteiger partial charge in [0.15, 0.2) is 0 Å². The molecule has 0 fully saturated rings. The summed E-state index contributed by atoms with van der Waals surface area (Å²) >= 11 is 0. The van der Waals surface area contributed by atoms with Crippen molar-refractivity contribution in [2.24, 2.45) is 10.7 Å². The van der Waals surface area contributed by atoms with Gasteiger partial charge in [0, 0.05) is 0 Å². The lowest BCUT2D eigenvalue weighted by Crippen LogP contribution is -1.94. The molecule has 12 heavy (non-hydrogen) atoms. The molecule has 0 aliphatic heterocycles. The predicted octanol–water partition coefficient (Wildman–Crippen LogP) is 0.975. The van der Waals surface area contributed by atoms with Crippen molar-refractivity contribution >= 4 is 6.40 Å². The molecule has 0 heterocycles. The van der Waals surface area contributed by atoms with Crippen LogP contribution < -0.4 is 5.73 Å². The van der Waals surface area contributed by atoms with Crippen LogP contribution >= 0.6 is 0 Å². The summed E-state index contributed by atoms with van der Waals surface area (Å²) in [6, 6.07) is 0. The molecule has 0 saturated heterocycles. The maximum Gasteiger partial charge on any atom is 0.292 e. The molecule has 0 unspecified atom stereocenters. The normalized spacial score (nSPS) is 11.6. The highest BCUT2D eigenvalue weighted by molar-refractivity contribution is 5.50. The van der Waals surface area contributed by atoms with Gasteiger partial charge in [-0.3, -0.25) is 0 Å². The van der Waals surface area contributed by atoms with Gasteiger partial charge in [0.2, 0.25) is 5.82 Å². The van der Waals surface area contributed by atoms with Gasteiger partial charge in [0.05, 0.1) is 6.61 Å². The summed E-state index contributed by atoms with van der Waals surface area (Å²) in [4.78, 5) is 9.35. The predicted molar refractivity (Wildman–Crippen MR) is 44.5 cm³/mol. The smallest absolute Gasteiger partial charge is 0.292 e. The molecule has 0 saturated carbocycles. The lowest BCUT2D eigenvalue weighted by molar-refractivity contribution is 0.343. The van der Waals surface area contributed by atoms with Crippen molar-refractivity contribution in [2.75, 3.05) is 6.61 Å². The van der Waals surface area contributed by atoms with Crippen molar-refractivity contribution in [3.8, 4) is 0 Å². The van der Waals surface area contributed by atoms with E-state index in [9.17, 15) is 0 Å². The molecule has 0 aromatic heterocycles. The van der Waals surface area contributed by atoms with Crippen LogP contribution in [0.25, 0.3) is 9.69 Å². The number of hydrogen-bond donors (Lipinski definition) is 1. The second-order valence-corrected chi connectivity index (χ2v) is 1.62. The molecule has 0 amide bonds. The van der Waals surface area contributed by atoms with Crippen molar-refractivity contribution in [2.45, 2.75) is 6.92 Å². The second-order valence-electron chi connectivity index (χ2n) is 1.62. The number of nitrogens with two attached hydrogens (primary N) is 1. The Kier molecular flexibility index (Phi) is 4.79. The van der Waals surface area contributed by atoms with E-state index in [1.807, 2.05) is 0 Å². The molecule has 0 atom stereocenters. The maximum atomic E-state index is 6.60. The van der Waals surface area contributed by atoms with E-state index in [1.54, 1.807) is 6.92 Å². The number of aliphatic imine (C=N–C) groups is 1. The summed E-state index contributed by atoms with van der Waals surface area (Å²) in [6.45, 7) is 15.4. The van der Waals surface area contributed by atoms with Gasteiger partial charge in [0.25, 0.3) is 12.2 Å². The van der Waals surface area contributed by atoms with E-state index in [2.05, 4.69) is 14.7 Å². The van der Waals surface area contributed by atoms with Crippen molar-refractivity contribution in [1.29, 1.82) is 0 Å². The summed E-state index contributed by atoms with van der Waals surface area (Å²) in [6.07, 6.45) is 1.10. The zero-order valence-corrected chi connectivity index (χ0v) is 6.61. The standard InChI is InChI=1S/C7H8N4O/c1-4-12-5-11-7(10-3)6(8)9-2/h5H,4,8H2,1H3/b7-6+,11-5?. The van der Waals surface area contributed by atoms with E-state index in [0.717, 1.165) is 6.40 Å². The molecule has 5 heteroatoms. The minimum Gasteiger partial charge on any atom is -0.466 e. The van der Waals surface area contributed by atoms with E-state index in [-0.39, 0.29) is 11.6 Å². The first-order chi connectivity index (χ1) is 5.76. The Labute approximate surface area is 70.8 Å². The van der Waals surface area contributed by atoms with E-state index in [1.165, 1.54) is 0 Å². The van der Waals surface area contributed by atoms with Crippen molar-refractivity contribution in [3.63, 3.8) is 0 Å². The van der Waals surface area contributed by atoms with Gasteiger partial charge in [-0.15, -0.1) is 4.99 Å². The van der Waals surface area contributed by atoms with Crippen LogP contribution in [0.5, 0.6) is 0 Å². The maximum absolute atomic E-state index is 6.60. The lowest BCUT2D eigenvalue weighted by Gasteiger charge is -1.91. The van der Waals surface area contributed by atoms with Gasteiger partial charge in [-0.25, -0.2) is 0 Å². The third-order valence-electron chi connectivity index (χ3n) is 0.872. The molecule has 0 radical (unpaired) electrons. The third kappa shape index (κ3) is 3.23. The van der Waals surface area contributed by atoms with Gasteiger partial charge in [-0.1, -0.05) is 13.1 Å². The Balaban J connectivity index is 4.43. The minimum atomic E-state index is -0.221. The molecule has 0 aliphatic rings. The Morgan fingerprint density at radius 1 is 1.58 bits per heavy atom. The number of rotatable bonds is 3. The van der Waals surface area contributed by atoms with E-state index in [0.29, 0.717) is 6.61 Å². The molecule has 2 N–H and O–H groups in total. The highest BCUT2D eigenvalue weighted by Crippen LogP contribution is 2.02. The Bertz CT molecular complexity index is 279. The monoisotopic (exact) mass is 164 g/mol. The first kappa shape index (κ1) is 9.99. The van der Waals surface area contributed by atoms with Gasteiger partial charge in [-0.05, 0) is 6.92 Å². The highest BCUT2D eigenvalue weighted by atomic mass is 16.5.